The molecule has 0 radical (unpaired) electrons. The van der Waals surface area contributed by atoms with Gasteiger partial charge in [0.25, 0.3) is 10.0 Å². The second-order valence-electron chi connectivity index (χ2n) is 4.73. The number of benzene rings is 2. The molecule has 5 heteroatoms. The number of aromatic nitrogens is 1. The van der Waals surface area contributed by atoms with Crippen molar-refractivity contribution in [2.45, 2.75) is 4.90 Å². The van der Waals surface area contributed by atoms with E-state index in [1.54, 1.807) is 42.5 Å². The summed E-state index contributed by atoms with van der Waals surface area (Å²) in [7, 11) is -3.76. The van der Waals surface area contributed by atoms with Crippen molar-refractivity contribution in [1.82, 2.24) is 3.97 Å². The van der Waals surface area contributed by atoms with Crippen molar-refractivity contribution in [3.05, 3.63) is 89.2 Å². The molecule has 0 spiro atoms. The molecule has 2 aromatic carbocycles. The third kappa shape index (κ3) is 2.58. The van der Waals surface area contributed by atoms with E-state index in [9.17, 15) is 13.2 Å². The molecule has 0 aliphatic heterocycles. The van der Waals surface area contributed by atoms with Gasteiger partial charge in [0, 0.05) is 18.3 Å². The number of rotatable bonds is 3. The average molecular weight is 311 g/mol. The quantitative estimate of drug-likeness (QED) is 0.747. The van der Waals surface area contributed by atoms with E-state index in [2.05, 4.69) is 0 Å². The minimum absolute atomic E-state index is 0.177. The van der Waals surface area contributed by atoms with Gasteiger partial charge < -0.3 is 0 Å². The highest BCUT2D eigenvalue weighted by Gasteiger charge is 2.19. The first kappa shape index (κ1) is 14.3. The van der Waals surface area contributed by atoms with Crippen molar-refractivity contribution in [2.24, 2.45) is 0 Å². The summed E-state index contributed by atoms with van der Waals surface area (Å²) in [6.45, 7) is 0. The first-order chi connectivity index (χ1) is 10.6. The second-order valence-corrected chi connectivity index (χ2v) is 6.54. The summed E-state index contributed by atoms with van der Waals surface area (Å²) < 4.78 is 26.7. The molecule has 0 unspecified atom stereocenters. The van der Waals surface area contributed by atoms with Gasteiger partial charge in [0.2, 0.25) is 0 Å². The van der Waals surface area contributed by atoms with E-state index >= 15 is 0 Å². The Morgan fingerprint density at radius 1 is 0.773 bits per heavy atom. The van der Waals surface area contributed by atoms with E-state index in [1.165, 1.54) is 30.5 Å². The summed E-state index contributed by atoms with van der Waals surface area (Å²) in [5, 5.41) is 0. The van der Waals surface area contributed by atoms with Gasteiger partial charge >= 0.3 is 0 Å². The Balaban J connectivity index is 2.27. The van der Waals surface area contributed by atoms with Gasteiger partial charge in [-0.25, -0.2) is 12.4 Å². The average Bonchev–Trinajstić information content (AvgIpc) is 2.56. The summed E-state index contributed by atoms with van der Waals surface area (Å²) in [4.78, 5) is 11.8. The number of hydrogen-bond acceptors (Lipinski definition) is 3. The summed E-state index contributed by atoms with van der Waals surface area (Å²) >= 11 is 0. The molecule has 22 heavy (non-hydrogen) atoms. The van der Waals surface area contributed by atoms with E-state index in [0.29, 0.717) is 11.3 Å². The van der Waals surface area contributed by atoms with E-state index in [4.69, 9.17) is 0 Å². The third-order valence-corrected chi connectivity index (χ3v) is 4.96. The molecule has 0 bridgehead atoms. The molecule has 0 aliphatic carbocycles. The van der Waals surface area contributed by atoms with Crippen LogP contribution in [0.4, 0.5) is 0 Å². The van der Waals surface area contributed by atoms with Crippen molar-refractivity contribution >= 4 is 10.0 Å². The zero-order valence-corrected chi connectivity index (χ0v) is 12.4. The topological polar surface area (TPSA) is 56.1 Å². The Labute approximate surface area is 128 Å². The Bertz CT molecular complexity index is 946. The van der Waals surface area contributed by atoms with Crippen LogP contribution in [0.2, 0.25) is 0 Å². The fourth-order valence-corrected chi connectivity index (χ4v) is 3.57. The number of pyridine rings is 1. The molecule has 0 fully saturated rings. The smallest absolute Gasteiger partial charge is 0.268 e. The van der Waals surface area contributed by atoms with Gasteiger partial charge in [0.1, 0.15) is 0 Å². The maximum absolute atomic E-state index is 12.8. The van der Waals surface area contributed by atoms with Crippen LogP contribution in [0.1, 0.15) is 0 Å². The standard InChI is InChI=1S/C17H13NO3S/c19-15-11-12-18(17(13-15)14-7-3-1-4-8-14)22(20,21)16-9-5-2-6-10-16/h1-13H. The summed E-state index contributed by atoms with van der Waals surface area (Å²) in [5.41, 5.74) is 0.773. The molecule has 0 N–H and O–H groups in total. The van der Waals surface area contributed by atoms with Gasteiger partial charge in [-0.05, 0) is 17.7 Å². The summed E-state index contributed by atoms with van der Waals surface area (Å²) in [6.07, 6.45) is 1.30. The Hall–Kier alpha value is -2.66. The van der Waals surface area contributed by atoms with Gasteiger partial charge in [0.05, 0.1) is 10.6 Å². The zero-order chi connectivity index (χ0) is 15.6. The zero-order valence-electron chi connectivity index (χ0n) is 11.6. The maximum Gasteiger partial charge on any atom is 0.268 e. The van der Waals surface area contributed by atoms with Crippen molar-refractivity contribution in [3.63, 3.8) is 0 Å². The highest BCUT2D eigenvalue weighted by Crippen LogP contribution is 2.22. The van der Waals surface area contributed by atoms with Crippen LogP contribution in [0.15, 0.2) is 88.7 Å². The van der Waals surface area contributed by atoms with Crippen LogP contribution >= 0.6 is 0 Å². The first-order valence-corrected chi connectivity index (χ1v) is 8.12. The molecule has 0 saturated heterocycles. The summed E-state index contributed by atoms with van der Waals surface area (Å²) in [6, 6.07) is 19.7. The van der Waals surface area contributed by atoms with Gasteiger partial charge in [-0.2, -0.15) is 0 Å². The van der Waals surface area contributed by atoms with E-state index in [1.807, 2.05) is 6.07 Å². The Morgan fingerprint density at radius 3 is 2.00 bits per heavy atom. The van der Waals surface area contributed by atoms with Gasteiger partial charge in [-0.1, -0.05) is 48.5 Å². The molecule has 3 rings (SSSR count). The molecule has 1 aromatic heterocycles. The molecule has 0 aliphatic rings. The predicted octanol–water partition coefficient (Wildman–Crippen LogP) is 2.75. The summed E-state index contributed by atoms with van der Waals surface area (Å²) in [5.74, 6) is 0. The third-order valence-electron chi connectivity index (χ3n) is 3.26. The van der Waals surface area contributed by atoms with Gasteiger partial charge in [0.15, 0.2) is 5.43 Å². The van der Waals surface area contributed by atoms with Crippen LogP contribution in [-0.4, -0.2) is 12.4 Å². The van der Waals surface area contributed by atoms with Gasteiger partial charge in [-0.3, -0.25) is 4.79 Å². The lowest BCUT2D eigenvalue weighted by Crippen LogP contribution is -2.17. The lowest BCUT2D eigenvalue weighted by molar-refractivity contribution is 0.587. The van der Waals surface area contributed by atoms with Crippen LogP contribution < -0.4 is 5.43 Å². The first-order valence-electron chi connectivity index (χ1n) is 6.68. The second kappa shape index (κ2) is 5.61. The molecule has 3 aromatic rings. The van der Waals surface area contributed by atoms with Crippen LogP contribution in [0, 0.1) is 0 Å². The van der Waals surface area contributed by atoms with Crippen LogP contribution in [-0.2, 0) is 10.0 Å². The molecule has 0 atom stereocenters. The monoisotopic (exact) mass is 311 g/mol. The fourth-order valence-electron chi connectivity index (χ4n) is 2.20. The van der Waals surface area contributed by atoms with E-state index < -0.39 is 10.0 Å². The molecular weight excluding hydrogens is 298 g/mol. The lowest BCUT2D eigenvalue weighted by atomic mass is 10.1. The molecular formula is C17H13NO3S. The van der Waals surface area contributed by atoms with Crippen molar-refractivity contribution in [3.8, 4) is 11.3 Å². The molecule has 0 saturated carbocycles. The van der Waals surface area contributed by atoms with Crippen LogP contribution in [0.25, 0.3) is 11.3 Å². The highest BCUT2D eigenvalue weighted by molar-refractivity contribution is 7.90. The van der Waals surface area contributed by atoms with E-state index in [0.717, 1.165) is 3.97 Å². The van der Waals surface area contributed by atoms with E-state index in [-0.39, 0.29) is 10.3 Å². The number of hydrogen-bond donors (Lipinski definition) is 0. The minimum Gasteiger partial charge on any atom is -0.290 e. The largest absolute Gasteiger partial charge is 0.290 e. The van der Waals surface area contributed by atoms with Gasteiger partial charge in [-0.15, -0.1) is 0 Å². The van der Waals surface area contributed by atoms with Crippen molar-refractivity contribution in [1.29, 1.82) is 0 Å². The van der Waals surface area contributed by atoms with Crippen molar-refractivity contribution < 1.29 is 8.42 Å². The van der Waals surface area contributed by atoms with Crippen LogP contribution in [0.3, 0.4) is 0 Å². The van der Waals surface area contributed by atoms with Crippen LogP contribution in [0.5, 0.6) is 0 Å². The predicted molar refractivity (Wildman–Crippen MR) is 85.2 cm³/mol. The Morgan fingerprint density at radius 2 is 1.36 bits per heavy atom. The lowest BCUT2D eigenvalue weighted by Gasteiger charge is -2.14. The molecule has 1 heterocycles. The normalized spacial score (nSPS) is 11.3. The Kier molecular flexibility index (Phi) is 3.65. The van der Waals surface area contributed by atoms with Crippen molar-refractivity contribution in [2.75, 3.05) is 0 Å². The fraction of sp³-hybridized carbons (Fsp3) is 0. The number of nitrogens with zero attached hydrogens (tertiary/aromatic N) is 1. The molecule has 4 nitrogen and oxygen atoms in total. The maximum atomic E-state index is 12.8. The SMILES string of the molecule is O=c1ccn(S(=O)(=O)c2ccccc2)c(-c2ccccc2)c1. The molecule has 110 valence electrons. The highest BCUT2D eigenvalue weighted by atomic mass is 32.2. The molecule has 0 amide bonds. The minimum atomic E-state index is -3.76.